The van der Waals surface area contributed by atoms with Crippen molar-refractivity contribution < 1.29 is 19.5 Å². The molecule has 0 aliphatic carbocycles. The number of aliphatic carboxylic acids is 1. The summed E-state index contributed by atoms with van der Waals surface area (Å²) in [6, 6.07) is -0.478. The van der Waals surface area contributed by atoms with E-state index in [9.17, 15) is 14.4 Å². The molecule has 1 N–H and O–H groups in total. The van der Waals surface area contributed by atoms with E-state index in [2.05, 4.69) is 0 Å². The second-order valence-corrected chi connectivity index (χ2v) is 5.28. The van der Waals surface area contributed by atoms with E-state index >= 15 is 0 Å². The van der Waals surface area contributed by atoms with Crippen molar-refractivity contribution in [2.24, 2.45) is 5.92 Å². The first-order chi connectivity index (χ1) is 8.84. The summed E-state index contributed by atoms with van der Waals surface area (Å²) in [5, 5.41) is 8.64. The standard InChI is InChI=1S/C13H22N2O4/c1-9(2)12(15-7-4-5-10(15)16)13(19)14(3)8-6-11(17)18/h9,12H,4-8H2,1-3H3,(H,17,18). The minimum atomic E-state index is -0.932. The van der Waals surface area contributed by atoms with E-state index in [0.29, 0.717) is 13.0 Å². The zero-order valence-electron chi connectivity index (χ0n) is 11.8. The Hall–Kier alpha value is -1.59. The first-order valence-electron chi connectivity index (χ1n) is 6.60. The van der Waals surface area contributed by atoms with Gasteiger partial charge < -0.3 is 14.9 Å². The molecule has 1 rings (SSSR count). The Morgan fingerprint density at radius 1 is 1.42 bits per heavy atom. The molecule has 0 aromatic rings. The normalized spacial score (nSPS) is 16.8. The Labute approximate surface area is 113 Å². The fourth-order valence-corrected chi connectivity index (χ4v) is 2.34. The summed E-state index contributed by atoms with van der Waals surface area (Å²) in [5.74, 6) is -1.08. The molecule has 1 saturated heterocycles. The first kappa shape index (κ1) is 15.5. The molecule has 6 heteroatoms. The molecule has 0 radical (unpaired) electrons. The Balaban J connectivity index is 2.72. The van der Waals surface area contributed by atoms with Crippen molar-refractivity contribution in [1.29, 1.82) is 0 Å². The van der Waals surface area contributed by atoms with Gasteiger partial charge in [-0.05, 0) is 12.3 Å². The van der Waals surface area contributed by atoms with E-state index in [1.54, 1.807) is 11.9 Å². The van der Waals surface area contributed by atoms with Crippen molar-refractivity contribution in [2.45, 2.75) is 39.2 Å². The zero-order valence-corrected chi connectivity index (χ0v) is 11.8. The molecule has 1 aliphatic rings. The number of carbonyl (C=O) groups excluding carboxylic acids is 2. The number of rotatable bonds is 6. The third kappa shape index (κ3) is 3.94. The molecular formula is C13H22N2O4. The van der Waals surface area contributed by atoms with Crippen LogP contribution in [0.1, 0.15) is 33.1 Å². The van der Waals surface area contributed by atoms with Crippen molar-refractivity contribution >= 4 is 17.8 Å². The molecule has 19 heavy (non-hydrogen) atoms. The monoisotopic (exact) mass is 270 g/mol. The van der Waals surface area contributed by atoms with E-state index in [4.69, 9.17) is 5.11 Å². The number of carboxylic acids is 1. The van der Waals surface area contributed by atoms with Crippen molar-refractivity contribution in [3.05, 3.63) is 0 Å². The Morgan fingerprint density at radius 3 is 2.47 bits per heavy atom. The van der Waals surface area contributed by atoms with Crippen LogP contribution in [-0.2, 0) is 14.4 Å². The van der Waals surface area contributed by atoms with Gasteiger partial charge in [-0.2, -0.15) is 0 Å². The second-order valence-electron chi connectivity index (χ2n) is 5.28. The second kappa shape index (κ2) is 6.54. The maximum Gasteiger partial charge on any atom is 0.305 e. The van der Waals surface area contributed by atoms with Crippen molar-refractivity contribution in [3.63, 3.8) is 0 Å². The van der Waals surface area contributed by atoms with Crippen LogP contribution >= 0.6 is 0 Å². The molecule has 1 atom stereocenters. The lowest BCUT2D eigenvalue weighted by Crippen LogP contribution is -2.51. The van der Waals surface area contributed by atoms with Gasteiger partial charge in [0.25, 0.3) is 0 Å². The molecule has 1 aliphatic heterocycles. The molecule has 0 bridgehead atoms. The van der Waals surface area contributed by atoms with Gasteiger partial charge in [-0.3, -0.25) is 14.4 Å². The minimum Gasteiger partial charge on any atom is -0.481 e. The molecule has 6 nitrogen and oxygen atoms in total. The SMILES string of the molecule is CC(C)C(C(=O)N(C)CCC(=O)O)N1CCCC1=O. The summed E-state index contributed by atoms with van der Waals surface area (Å²) < 4.78 is 0. The molecule has 2 amide bonds. The fourth-order valence-electron chi connectivity index (χ4n) is 2.34. The number of nitrogens with zero attached hydrogens (tertiary/aromatic N) is 2. The van der Waals surface area contributed by atoms with Gasteiger partial charge in [-0.15, -0.1) is 0 Å². The molecule has 0 saturated carbocycles. The highest BCUT2D eigenvalue weighted by Crippen LogP contribution is 2.20. The summed E-state index contributed by atoms with van der Waals surface area (Å²) >= 11 is 0. The molecule has 1 heterocycles. The zero-order chi connectivity index (χ0) is 14.6. The Morgan fingerprint density at radius 2 is 2.05 bits per heavy atom. The largest absolute Gasteiger partial charge is 0.481 e. The van der Waals surface area contributed by atoms with Crippen LogP contribution in [0.4, 0.5) is 0 Å². The van der Waals surface area contributed by atoms with E-state index in [-0.39, 0.29) is 30.7 Å². The summed E-state index contributed by atoms with van der Waals surface area (Å²) in [6.45, 7) is 4.58. The van der Waals surface area contributed by atoms with Gasteiger partial charge in [-0.1, -0.05) is 13.8 Å². The van der Waals surface area contributed by atoms with Crippen molar-refractivity contribution in [1.82, 2.24) is 9.80 Å². The smallest absolute Gasteiger partial charge is 0.305 e. The minimum absolute atomic E-state index is 0.0127. The summed E-state index contributed by atoms with van der Waals surface area (Å²) in [7, 11) is 1.58. The van der Waals surface area contributed by atoms with Gasteiger partial charge in [0.2, 0.25) is 11.8 Å². The van der Waals surface area contributed by atoms with Gasteiger partial charge in [0.15, 0.2) is 0 Å². The van der Waals surface area contributed by atoms with E-state index in [0.717, 1.165) is 6.42 Å². The number of hydrogen-bond acceptors (Lipinski definition) is 3. The topological polar surface area (TPSA) is 77.9 Å². The maximum atomic E-state index is 12.4. The average molecular weight is 270 g/mol. The molecule has 0 aromatic carbocycles. The predicted octanol–water partition coefficient (Wildman–Crippen LogP) is 0.566. The van der Waals surface area contributed by atoms with Crippen LogP contribution in [0.5, 0.6) is 0 Å². The lowest BCUT2D eigenvalue weighted by molar-refractivity contribution is -0.145. The number of hydrogen-bond donors (Lipinski definition) is 1. The van der Waals surface area contributed by atoms with E-state index in [1.165, 1.54) is 4.90 Å². The molecular weight excluding hydrogens is 248 g/mol. The first-order valence-corrected chi connectivity index (χ1v) is 6.60. The van der Waals surface area contributed by atoms with Crippen LogP contribution < -0.4 is 0 Å². The van der Waals surface area contributed by atoms with Crippen LogP contribution in [0.3, 0.4) is 0 Å². The summed E-state index contributed by atoms with van der Waals surface area (Å²) in [6.07, 6.45) is 1.20. The predicted molar refractivity (Wildman–Crippen MR) is 69.5 cm³/mol. The molecule has 108 valence electrons. The van der Waals surface area contributed by atoms with Crippen LogP contribution in [0.2, 0.25) is 0 Å². The lowest BCUT2D eigenvalue weighted by atomic mass is 10.0. The van der Waals surface area contributed by atoms with Crippen LogP contribution in [0, 0.1) is 5.92 Å². The number of carboxylic acid groups (broad SMARTS) is 1. The third-order valence-electron chi connectivity index (χ3n) is 3.37. The average Bonchev–Trinajstić information content (AvgIpc) is 2.72. The van der Waals surface area contributed by atoms with E-state index in [1.807, 2.05) is 13.8 Å². The lowest BCUT2D eigenvalue weighted by Gasteiger charge is -2.33. The van der Waals surface area contributed by atoms with Gasteiger partial charge in [0, 0.05) is 26.6 Å². The highest BCUT2D eigenvalue weighted by Gasteiger charge is 2.36. The number of carbonyl (C=O) groups is 3. The Kier molecular flexibility index (Phi) is 5.32. The quantitative estimate of drug-likeness (QED) is 0.765. The highest BCUT2D eigenvalue weighted by molar-refractivity contribution is 5.88. The number of amides is 2. The highest BCUT2D eigenvalue weighted by atomic mass is 16.4. The van der Waals surface area contributed by atoms with E-state index < -0.39 is 12.0 Å². The van der Waals surface area contributed by atoms with Crippen LogP contribution in [-0.4, -0.2) is 58.9 Å². The molecule has 0 aromatic heterocycles. The van der Waals surface area contributed by atoms with Gasteiger partial charge in [-0.25, -0.2) is 0 Å². The fraction of sp³-hybridized carbons (Fsp3) is 0.769. The van der Waals surface area contributed by atoms with Gasteiger partial charge >= 0.3 is 5.97 Å². The third-order valence-corrected chi connectivity index (χ3v) is 3.37. The van der Waals surface area contributed by atoms with Gasteiger partial charge in [0.1, 0.15) is 6.04 Å². The van der Waals surface area contributed by atoms with Crippen molar-refractivity contribution in [2.75, 3.05) is 20.1 Å². The van der Waals surface area contributed by atoms with Crippen LogP contribution in [0.25, 0.3) is 0 Å². The maximum absolute atomic E-state index is 12.4. The Bertz CT molecular complexity index is 368. The number of likely N-dealkylation sites (tertiary alicyclic amines) is 1. The molecule has 0 spiro atoms. The summed E-state index contributed by atoms with van der Waals surface area (Å²) in [5.41, 5.74) is 0. The van der Waals surface area contributed by atoms with Gasteiger partial charge in [0.05, 0.1) is 6.42 Å². The van der Waals surface area contributed by atoms with Crippen molar-refractivity contribution in [3.8, 4) is 0 Å². The molecule has 1 fully saturated rings. The number of likely N-dealkylation sites (N-methyl/N-ethyl adjacent to an activating group) is 1. The van der Waals surface area contributed by atoms with Crippen LogP contribution in [0.15, 0.2) is 0 Å². The molecule has 1 unspecified atom stereocenters. The summed E-state index contributed by atoms with van der Waals surface area (Å²) in [4.78, 5) is 37.7.